The summed E-state index contributed by atoms with van der Waals surface area (Å²) in [4.78, 5) is 0. The summed E-state index contributed by atoms with van der Waals surface area (Å²) in [6.07, 6.45) is 6.37. The van der Waals surface area contributed by atoms with E-state index in [1.165, 1.54) is 0 Å². The molecule has 0 fully saturated rings. The summed E-state index contributed by atoms with van der Waals surface area (Å²) in [5.41, 5.74) is 5.47. The topological polar surface area (TPSA) is 24.1 Å². The molecule has 16 heavy (non-hydrogen) atoms. The zero-order valence-corrected chi connectivity index (χ0v) is 11.4. The van der Waals surface area contributed by atoms with Gasteiger partial charge in [-0.2, -0.15) is 0 Å². The average molecular weight is 265 g/mol. The van der Waals surface area contributed by atoms with Gasteiger partial charge in [0, 0.05) is 13.1 Å². The zero-order valence-electron chi connectivity index (χ0n) is 9.79. The Morgan fingerprint density at radius 1 is 1.06 bits per heavy atom. The highest BCUT2D eigenvalue weighted by Gasteiger charge is 2.02. The molecule has 0 bridgehead atoms. The van der Waals surface area contributed by atoms with Gasteiger partial charge in [0.25, 0.3) is 0 Å². The molecule has 0 aromatic carbocycles. The van der Waals surface area contributed by atoms with Crippen LogP contribution in [0.5, 0.6) is 0 Å². The Morgan fingerprint density at radius 3 is 1.81 bits per heavy atom. The second-order valence-corrected chi connectivity index (χ2v) is 2.97. The van der Waals surface area contributed by atoms with Gasteiger partial charge in [-0.3, -0.25) is 10.6 Å². The van der Waals surface area contributed by atoms with Crippen LogP contribution in [0.25, 0.3) is 0 Å². The summed E-state index contributed by atoms with van der Waals surface area (Å²) in [5.74, 6) is 0. The maximum absolute atomic E-state index is 3.51. The van der Waals surface area contributed by atoms with Crippen LogP contribution in [0.2, 0.25) is 0 Å². The summed E-state index contributed by atoms with van der Waals surface area (Å²) < 4.78 is 0. The van der Waals surface area contributed by atoms with E-state index in [1.807, 2.05) is 12.2 Å². The van der Waals surface area contributed by atoms with Crippen molar-refractivity contribution < 1.29 is 0 Å². The molecule has 0 aliphatic heterocycles. The van der Waals surface area contributed by atoms with Crippen LogP contribution in [0.1, 0.15) is 19.8 Å². The second kappa shape index (κ2) is 17.0. The number of hydrogen-bond donors (Lipinski definition) is 2. The minimum Gasteiger partial charge on any atom is -0.298 e. The number of hydrogen-bond acceptors (Lipinski definition) is 2. The Morgan fingerprint density at radius 2 is 1.50 bits per heavy atom. The van der Waals surface area contributed by atoms with Gasteiger partial charge >= 0.3 is 0 Å². The summed E-state index contributed by atoms with van der Waals surface area (Å²) in [6, 6.07) is 0. The third-order valence-electron chi connectivity index (χ3n) is 1.80. The molecule has 0 heterocycles. The Bertz CT molecular complexity index is 207. The Hall–Kier alpha value is -0.460. The van der Waals surface area contributed by atoms with E-state index in [4.69, 9.17) is 0 Å². The molecule has 0 saturated carbocycles. The molecule has 0 aromatic rings. The van der Waals surface area contributed by atoms with Crippen molar-refractivity contribution in [2.75, 3.05) is 13.1 Å². The van der Waals surface area contributed by atoms with E-state index in [0.717, 1.165) is 25.9 Å². The first-order valence-corrected chi connectivity index (χ1v) is 5.00. The van der Waals surface area contributed by atoms with Gasteiger partial charge in [-0.1, -0.05) is 26.5 Å². The summed E-state index contributed by atoms with van der Waals surface area (Å²) in [7, 11) is 0. The minimum atomic E-state index is 0. The molecule has 0 saturated heterocycles. The van der Waals surface area contributed by atoms with Crippen LogP contribution in [0, 0.1) is 0 Å². The van der Waals surface area contributed by atoms with E-state index in [9.17, 15) is 0 Å². The highest BCUT2D eigenvalue weighted by Crippen LogP contribution is 1.92. The quantitative estimate of drug-likeness (QED) is 0.521. The van der Waals surface area contributed by atoms with Crippen LogP contribution in [-0.4, -0.2) is 19.3 Å². The lowest BCUT2D eigenvalue weighted by molar-refractivity contribution is 0.429. The SMILES string of the molecule is C=C=CCNC(CCC)NCC=C=C.Cl.Cl. The Kier molecular flexibility index (Phi) is 22.1. The molecule has 0 unspecified atom stereocenters. The molecular weight excluding hydrogens is 243 g/mol. The van der Waals surface area contributed by atoms with Crippen LogP contribution in [0.3, 0.4) is 0 Å². The molecule has 4 heteroatoms. The molecule has 0 aromatic heterocycles. The molecule has 0 spiro atoms. The second-order valence-electron chi connectivity index (χ2n) is 2.97. The van der Waals surface area contributed by atoms with Crippen molar-refractivity contribution in [3.05, 3.63) is 36.8 Å². The minimum absolute atomic E-state index is 0. The summed E-state index contributed by atoms with van der Waals surface area (Å²) >= 11 is 0. The van der Waals surface area contributed by atoms with Crippen molar-refractivity contribution in [1.82, 2.24) is 10.6 Å². The first-order valence-electron chi connectivity index (χ1n) is 5.00. The van der Waals surface area contributed by atoms with E-state index in [0.29, 0.717) is 6.17 Å². The highest BCUT2D eigenvalue weighted by molar-refractivity contribution is 5.85. The van der Waals surface area contributed by atoms with E-state index in [1.54, 1.807) is 0 Å². The third kappa shape index (κ3) is 13.5. The van der Waals surface area contributed by atoms with Gasteiger partial charge in [0.2, 0.25) is 0 Å². The smallest absolute Gasteiger partial charge is 0.0576 e. The summed E-state index contributed by atoms with van der Waals surface area (Å²) in [5, 5.41) is 6.69. The van der Waals surface area contributed by atoms with Crippen LogP contribution in [-0.2, 0) is 0 Å². The highest BCUT2D eigenvalue weighted by atomic mass is 35.5. The van der Waals surface area contributed by atoms with Crippen molar-refractivity contribution in [3.8, 4) is 0 Å². The fourth-order valence-electron chi connectivity index (χ4n) is 1.11. The van der Waals surface area contributed by atoms with Gasteiger partial charge in [0.15, 0.2) is 0 Å². The molecular formula is C12H22Cl2N2. The molecule has 0 aliphatic carbocycles. The molecule has 0 radical (unpaired) electrons. The van der Waals surface area contributed by atoms with Gasteiger partial charge in [-0.25, -0.2) is 0 Å². The van der Waals surface area contributed by atoms with Crippen molar-refractivity contribution in [2.45, 2.75) is 25.9 Å². The molecule has 2 nitrogen and oxygen atoms in total. The van der Waals surface area contributed by atoms with Gasteiger partial charge < -0.3 is 0 Å². The fourth-order valence-corrected chi connectivity index (χ4v) is 1.11. The maximum atomic E-state index is 3.51. The van der Waals surface area contributed by atoms with Crippen LogP contribution >= 0.6 is 24.8 Å². The first-order chi connectivity index (χ1) is 6.85. The number of nitrogens with one attached hydrogen (secondary N) is 2. The average Bonchev–Trinajstić information content (AvgIpc) is 2.18. The Balaban J connectivity index is -0.000000845. The third-order valence-corrected chi connectivity index (χ3v) is 1.80. The predicted octanol–water partition coefficient (Wildman–Crippen LogP) is 2.82. The fraction of sp³-hybridized carbons (Fsp3) is 0.500. The zero-order chi connectivity index (χ0) is 10.6. The van der Waals surface area contributed by atoms with Crippen LogP contribution in [0.4, 0.5) is 0 Å². The number of rotatable bonds is 8. The lowest BCUT2D eigenvalue weighted by Gasteiger charge is -2.17. The van der Waals surface area contributed by atoms with E-state index in [-0.39, 0.29) is 24.8 Å². The van der Waals surface area contributed by atoms with E-state index < -0.39 is 0 Å². The molecule has 2 N–H and O–H groups in total. The van der Waals surface area contributed by atoms with Crippen LogP contribution in [0.15, 0.2) is 36.8 Å². The van der Waals surface area contributed by atoms with Crippen molar-refractivity contribution in [3.63, 3.8) is 0 Å². The first kappa shape index (κ1) is 20.9. The maximum Gasteiger partial charge on any atom is 0.0576 e. The van der Waals surface area contributed by atoms with Gasteiger partial charge in [0.1, 0.15) is 0 Å². The molecule has 0 aliphatic rings. The van der Waals surface area contributed by atoms with Crippen LogP contribution < -0.4 is 10.6 Å². The van der Waals surface area contributed by atoms with Crippen molar-refractivity contribution in [1.29, 1.82) is 0 Å². The molecule has 0 atom stereocenters. The van der Waals surface area contributed by atoms with Gasteiger partial charge in [-0.15, -0.1) is 36.3 Å². The molecule has 94 valence electrons. The normalized spacial score (nSPS) is 9.81. The number of halogens is 2. The van der Waals surface area contributed by atoms with Gasteiger partial charge in [0.05, 0.1) is 6.17 Å². The molecule has 0 amide bonds. The van der Waals surface area contributed by atoms with Gasteiger partial charge in [-0.05, 0) is 18.6 Å². The lowest BCUT2D eigenvalue weighted by atomic mass is 10.2. The molecule has 0 rings (SSSR count). The van der Waals surface area contributed by atoms with E-state index >= 15 is 0 Å². The van der Waals surface area contributed by atoms with Crippen molar-refractivity contribution in [2.24, 2.45) is 0 Å². The van der Waals surface area contributed by atoms with E-state index in [2.05, 4.69) is 42.2 Å². The predicted molar refractivity (Wildman–Crippen MR) is 76.6 cm³/mol. The standard InChI is InChI=1S/C12H20N2.2ClH/c1-4-7-10-13-12(9-6-3)14-11-8-5-2;;/h7-8,12-14H,1-2,6,9-11H2,3H3;2*1H. The lowest BCUT2D eigenvalue weighted by Crippen LogP contribution is -2.42. The van der Waals surface area contributed by atoms with Crippen molar-refractivity contribution >= 4 is 24.8 Å². The summed E-state index contributed by atoms with van der Waals surface area (Å²) in [6.45, 7) is 10.8. The Labute approximate surface area is 111 Å². The largest absolute Gasteiger partial charge is 0.298 e. The monoisotopic (exact) mass is 264 g/mol.